The number of carbonyl (C=O) groups excluding carboxylic acids is 2. The first-order valence-corrected chi connectivity index (χ1v) is 12.7. The van der Waals surface area contributed by atoms with Crippen molar-refractivity contribution in [3.8, 4) is 5.75 Å². The first kappa shape index (κ1) is 23.0. The average Bonchev–Trinajstić information content (AvgIpc) is 3.24. The molecular weight excluding hydrogens is 448 g/mol. The Bertz CT molecular complexity index is 1310. The smallest absolute Gasteiger partial charge is 0.237 e. The molecule has 1 heterocycles. The molecule has 36 heavy (non-hydrogen) atoms. The van der Waals surface area contributed by atoms with Gasteiger partial charge in [-0.2, -0.15) is 0 Å². The molecule has 3 aromatic carbocycles. The number of phenols is 1. The van der Waals surface area contributed by atoms with Crippen molar-refractivity contribution in [1.29, 1.82) is 0 Å². The van der Waals surface area contributed by atoms with Gasteiger partial charge in [-0.15, -0.1) is 0 Å². The van der Waals surface area contributed by atoms with Crippen LogP contribution in [0.25, 0.3) is 0 Å². The second-order valence-electron chi connectivity index (χ2n) is 11.2. The molecule has 3 unspecified atom stereocenters. The van der Waals surface area contributed by atoms with Gasteiger partial charge < -0.3 is 10.0 Å². The number of carbonyl (C=O) groups is 2. The Labute approximate surface area is 212 Å². The number of likely N-dealkylation sites (N-methyl/N-ethyl adjacent to an activating group) is 1. The van der Waals surface area contributed by atoms with Crippen molar-refractivity contribution in [2.24, 2.45) is 0 Å². The summed E-state index contributed by atoms with van der Waals surface area (Å²) in [5.41, 5.74) is 2.57. The second-order valence-corrected chi connectivity index (χ2v) is 11.2. The van der Waals surface area contributed by atoms with E-state index in [1.54, 1.807) is 17.0 Å². The number of hydrogen-bond donors (Lipinski definition) is 1. The molecule has 0 aromatic heterocycles. The maximum atomic E-state index is 14.0. The third kappa shape index (κ3) is 2.86. The summed E-state index contributed by atoms with van der Waals surface area (Å²) >= 11 is 0. The third-order valence-corrected chi connectivity index (χ3v) is 9.05. The van der Waals surface area contributed by atoms with Crippen LogP contribution in [0.3, 0.4) is 0 Å². The van der Waals surface area contributed by atoms with E-state index in [4.69, 9.17) is 0 Å². The van der Waals surface area contributed by atoms with E-state index in [1.807, 2.05) is 87.7 Å². The highest BCUT2D eigenvalue weighted by atomic mass is 16.3. The van der Waals surface area contributed by atoms with E-state index in [2.05, 4.69) is 4.90 Å². The molecule has 3 aliphatic rings. The van der Waals surface area contributed by atoms with Crippen LogP contribution in [0.5, 0.6) is 5.75 Å². The first-order valence-electron chi connectivity index (χ1n) is 12.7. The summed E-state index contributed by atoms with van der Waals surface area (Å²) in [6.07, 6.45) is 1.38. The highest BCUT2D eigenvalue weighted by Gasteiger charge is 2.73. The normalized spacial score (nSPS) is 26.3. The fourth-order valence-corrected chi connectivity index (χ4v) is 7.50. The second kappa shape index (κ2) is 7.78. The molecule has 1 amide bonds. The van der Waals surface area contributed by atoms with E-state index in [0.29, 0.717) is 13.0 Å². The summed E-state index contributed by atoms with van der Waals surface area (Å²) in [7, 11) is 3.63. The predicted octanol–water partition coefficient (Wildman–Crippen LogP) is 4.02. The van der Waals surface area contributed by atoms with Gasteiger partial charge in [0.2, 0.25) is 5.91 Å². The lowest BCUT2D eigenvalue weighted by Crippen LogP contribution is -2.68. The van der Waals surface area contributed by atoms with Gasteiger partial charge in [-0.1, -0.05) is 66.7 Å². The molecule has 1 aliphatic heterocycles. The van der Waals surface area contributed by atoms with Crippen molar-refractivity contribution in [3.05, 3.63) is 101 Å². The lowest BCUT2D eigenvalue weighted by molar-refractivity contribution is -0.135. The van der Waals surface area contributed by atoms with Gasteiger partial charge in [-0.3, -0.25) is 14.5 Å². The highest BCUT2D eigenvalue weighted by Crippen LogP contribution is 2.65. The minimum Gasteiger partial charge on any atom is -0.508 e. The number of fused-ring (bicyclic) bond motifs is 3. The van der Waals surface area contributed by atoms with Gasteiger partial charge in [0.05, 0.1) is 11.5 Å². The maximum absolute atomic E-state index is 14.0. The van der Waals surface area contributed by atoms with E-state index in [9.17, 15) is 14.7 Å². The number of aromatic hydroxyl groups is 1. The quantitative estimate of drug-likeness (QED) is 0.579. The lowest BCUT2D eigenvalue weighted by Gasteiger charge is -2.55. The van der Waals surface area contributed by atoms with Crippen molar-refractivity contribution in [2.45, 2.75) is 42.1 Å². The van der Waals surface area contributed by atoms with E-state index in [1.165, 1.54) is 5.56 Å². The molecule has 0 radical (unpaired) electrons. The standard InChI is InChI=1S/C31H32N2O3/c1-29-19-30(24-15-14-23(34)18-25(24)29)20-33(26(30)27(29)35)17-16-31(28(36)32(2)3,21-10-6-4-7-11-21)22-12-8-5-9-13-22/h4-15,18,26,34H,16-17,19-20H2,1-3H3. The predicted molar refractivity (Wildman–Crippen MR) is 139 cm³/mol. The zero-order valence-electron chi connectivity index (χ0n) is 21.1. The number of hydrogen-bond acceptors (Lipinski definition) is 4. The van der Waals surface area contributed by atoms with Gasteiger partial charge in [-0.05, 0) is 54.2 Å². The zero-order chi connectivity index (χ0) is 25.3. The molecule has 3 aromatic rings. The summed E-state index contributed by atoms with van der Waals surface area (Å²) < 4.78 is 0. The van der Waals surface area contributed by atoms with Crippen LogP contribution in [0.4, 0.5) is 0 Å². The van der Waals surface area contributed by atoms with Crippen molar-refractivity contribution in [1.82, 2.24) is 9.80 Å². The number of rotatable bonds is 6. The highest BCUT2D eigenvalue weighted by molar-refractivity contribution is 6.03. The molecule has 5 nitrogen and oxygen atoms in total. The minimum atomic E-state index is -0.844. The summed E-state index contributed by atoms with van der Waals surface area (Å²) in [6.45, 7) is 3.48. The van der Waals surface area contributed by atoms with Crippen LogP contribution in [0.2, 0.25) is 0 Å². The summed E-state index contributed by atoms with van der Waals surface area (Å²) in [6, 6.07) is 25.4. The zero-order valence-corrected chi connectivity index (χ0v) is 21.1. The molecular formula is C31H32N2O3. The Hall–Kier alpha value is -3.44. The molecule has 1 spiro atoms. The Morgan fingerprint density at radius 2 is 1.61 bits per heavy atom. The molecule has 1 saturated carbocycles. The third-order valence-electron chi connectivity index (χ3n) is 9.05. The summed E-state index contributed by atoms with van der Waals surface area (Å²) in [4.78, 5) is 31.7. The molecule has 184 valence electrons. The molecule has 1 saturated heterocycles. The molecule has 3 atom stereocenters. The maximum Gasteiger partial charge on any atom is 0.237 e. The Balaban J connectivity index is 1.37. The Morgan fingerprint density at radius 1 is 1.00 bits per heavy atom. The van der Waals surface area contributed by atoms with Crippen molar-refractivity contribution in [3.63, 3.8) is 0 Å². The topological polar surface area (TPSA) is 60.9 Å². The molecule has 2 aliphatic carbocycles. The molecule has 1 N–H and O–H groups in total. The lowest BCUT2D eigenvalue weighted by atomic mass is 9.65. The number of Topliss-reactive ketones (excluding diaryl/α,β-unsaturated/α-hetero) is 1. The number of likely N-dealkylation sites (tertiary alicyclic amines) is 1. The summed E-state index contributed by atoms with van der Waals surface area (Å²) in [5, 5.41) is 10.1. The van der Waals surface area contributed by atoms with Crippen molar-refractivity contribution < 1.29 is 14.7 Å². The van der Waals surface area contributed by atoms with Gasteiger partial charge in [0.1, 0.15) is 11.2 Å². The van der Waals surface area contributed by atoms with Crippen molar-refractivity contribution >= 4 is 11.7 Å². The van der Waals surface area contributed by atoms with Crippen LogP contribution < -0.4 is 0 Å². The van der Waals surface area contributed by atoms with E-state index >= 15 is 0 Å². The first-order chi connectivity index (χ1) is 17.2. The van der Waals surface area contributed by atoms with Gasteiger partial charge in [0, 0.05) is 32.6 Å². The number of ketones is 1. The number of nitrogens with zero attached hydrogens (tertiary/aromatic N) is 2. The van der Waals surface area contributed by atoms with Crippen LogP contribution >= 0.6 is 0 Å². The molecule has 2 fully saturated rings. The largest absolute Gasteiger partial charge is 0.508 e. The van der Waals surface area contributed by atoms with Crippen molar-refractivity contribution in [2.75, 3.05) is 27.2 Å². The molecule has 2 bridgehead atoms. The SMILES string of the molecule is CN(C)C(=O)C(CCN1CC23CC(C)(C(=O)C12)c1cc(O)ccc13)(c1ccccc1)c1ccccc1. The van der Waals surface area contributed by atoms with Gasteiger partial charge in [0.15, 0.2) is 5.78 Å². The Kier molecular flexibility index (Phi) is 4.97. The van der Waals surface area contributed by atoms with E-state index in [-0.39, 0.29) is 28.9 Å². The van der Waals surface area contributed by atoms with E-state index < -0.39 is 10.8 Å². The van der Waals surface area contributed by atoms with Gasteiger partial charge >= 0.3 is 0 Å². The number of benzene rings is 3. The van der Waals surface area contributed by atoms with Gasteiger partial charge in [-0.25, -0.2) is 0 Å². The monoisotopic (exact) mass is 480 g/mol. The van der Waals surface area contributed by atoms with Gasteiger partial charge in [0.25, 0.3) is 0 Å². The Morgan fingerprint density at radius 3 is 2.19 bits per heavy atom. The van der Waals surface area contributed by atoms with Crippen LogP contribution in [0.1, 0.15) is 42.0 Å². The minimum absolute atomic E-state index is 0.0437. The van der Waals surface area contributed by atoms with E-state index in [0.717, 1.165) is 29.7 Å². The molecule has 6 rings (SSSR count). The van der Waals surface area contributed by atoms with Crippen LogP contribution in [-0.2, 0) is 25.8 Å². The number of phenolic OH excluding ortho intramolecular Hbond substituents is 1. The average molecular weight is 481 g/mol. The van der Waals surface area contributed by atoms with Crippen LogP contribution in [-0.4, -0.2) is 59.8 Å². The molecule has 5 heteroatoms. The number of amides is 1. The fraction of sp³-hybridized carbons (Fsp3) is 0.355. The van der Waals surface area contributed by atoms with Crippen LogP contribution in [0.15, 0.2) is 78.9 Å². The van der Waals surface area contributed by atoms with Crippen LogP contribution in [0, 0.1) is 0 Å². The fourth-order valence-electron chi connectivity index (χ4n) is 7.50. The summed E-state index contributed by atoms with van der Waals surface area (Å²) in [5.74, 6) is 0.509.